The van der Waals surface area contributed by atoms with Crippen LogP contribution in [0.5, 0.6) is 0 Å². The number of benzene rings is 2. The van der Waals surface area contributed by atoms with Crippen LogP contribution in [0, 0.1) is 5.82 Å². The number of furan rings is 1. The Hall–Kier alpha value is -3.13. The molecule has 0 saturated heterocycles. The van der Waals surface area contributed by atoms with E-state index in [0.717, 1.165) is 6.07 Å². The maximum atomic E-state index is 13.6. The molecule has 1 heterocycles. The Morgan fingerprint density at radius 1 is 1.00 bits per heavy atom. The van der Waals surface area contributed by atoms with Crippen LogP contribution in [0.4, 0.5) is 10.1 Å². The van der Waals surface area contributed by atoms with E-state index >= 15 is 0 Å². The molecule has 134 valence electrons. The summed E-state index contributed by atoms with van der Waals surface area (Å²) in [4.78, 5) is 12.0. The number of anilines is 1. The Bertz CT molecular complexity index is 1000. The van der Waals surface area contributed by atoms with Gasteiger partial charge in [0.05, 0.1) is 23.4 Å². The molecule has 1 amide bonds. The van der Waals surface area contributed by atoms with E-state index in [2.05, 4.69) is 10.0 Å². The van der Waals surface area contributed by atoms with Gasteiger partial charge in [0, 0.05) is 5.56 Å². The Morgan fingerprint density at radius 2 is 1.73 bits per heavy atom. The molecular formula is C18H15FN2O4S. The van der Waals surface area contributed by atoms with Crippen molar-refractivity contribution in [1.82, 2.24) is 5.32 Å². The van der Waals surface area contributed by atoms with Crippen LogP contribution in [0.1, 0.15) is 16.1 Å². The summed E-state index contributed by atoms with van der Waals surface area (Å²) in [7, 11) is -3.96. The van der Waals surface area contributed by atoms with Crippen LogP contribution in [-0.4, -0.2) is 14.3 Å². The summed E-state index contributed by atoms with van der Waals surface area (Å²) in [6, 6.07) is 14.2. The SMILES string of the molecule is O=C(NCc1ccco1)c1ccc(S(=O)(=O)Nc2ccccc2F)cc1. The smallest absolute Gasteiger partial charge is 0.261 e. The number of carbonyl (C=O) groups excluding carboxylic acids is 1. The van der Waals surface area contributed by atoms with E-state index in [9.17, 15) is 17.6 Å². The fraction of sp³-hybridized carbons (Fsp3) is 0.0556. The summed E-state index contributed by atoms with van der Waals surface area (Å²) in [6.07, 6.45) is 1.50. The molecular weight excluding hydrogens is 359 g/mol. The topological polar surface area (TPSA) is 88.4 Å². The molecule has 0 atom stereocenters. The van der Waals surface area contributed by atoms with Gasteiger partial charge in [-0.3, -0.25) is 9.52 Å². The molecule has 1 aromatic heterocycles. The van der Waals surface area contributed by atoms with Gasteiger partial charge in [-0.15, -0.1) is 0 Å². The predicted molar refractivity (Wildman–Crippen MR) is 93.5 cm³/mol. The Kier molecular flexibility index (Phi) is 5.04. The van der Waals surface area contributed by atoms with E-state index in [1.54, 1.807) is 12.1 Å². The number of hydrogen-bond acceptors (Lipinski definition) is 4. The van der Waals surface area contributed by atoms with Gasteiger partial charge in [-0.25, -0.2) is 12.8 Å². The molecule has 2 aromatic carbocycles. The van der Waals surface area contributed by atoms with E-state index < -0.39 is 15.8 Å². The fourth-order valence-electron chi connectivity index (χ4n) is 2.22. The van der Waals surface area contributed by atoms with Crippen molar-refractivity contribution in [3.8, 4) is 0 Å². The normalized spacial score (nSPS) is 11.1. The summed E-state index contributed by atoms with van der Waals surface area (Å²) in [5.74, 6) is -0.441. The number of para-hydroxylation sites is 1. The minimum atomic E-state index is -3.96. The molecule has 26 heavy (non-hydrogen) atoms. The summed E-state index contributed by atoms with van der Waals surface area (Å²) in [6.45, 7) is 0.223. The molecule has 0 aliphatic carbocycles. The number of carbonyl (C=O) groups is 1. The number of rotatable bonds is 6. The number of sulfonamides is 1. The number of amides is 1. The Balaban J connectivity index is 1.70. The van der Waals surface area contributed by atoms with Crippen molar-refractivity contribution in [2.24, 2.45) is 0 Å². The first-order chi connectivity index (χ1) is 12.5. The van der Waals surface area contributed by atoms with Crippen LogP contribution in [0.3, 0.4) is 0 Å². The molecule has 8 heteroatoms. The van der Waals surface area contributed by atoms with Gasteiger partial charge in [-0.2, -0.15) is 0 Å². The second-order valence-corrected chi connectivity index (χ2v) is 7.05. The minimum Gasteiger partial charge on any atom is -0.467 e. The quantitative estimate of drug-likeness (QED) is 0.694. The number of halogens is 1. The van der Waals surface area contributed by atoms with Crippen LogP contribution in [0.25, 0.3) is 0 Å². The summed E-state index contributed by atoms with van der Waals surface area (Å²) in [5.41, 5.74) is 0.147. The third kappa shape index (κ3) is 4.09. The van der Waals surface area contributed by atoms with E-state index in [-0.39, 0.29) is 23.0 Å². The number of hydrogen-bond donors (Lipinski definition) is 2. The third-order valence-corrected chi connectivity index (χ3v) is 4.93. The predicted octanol–water partition coefficient (Wildman–Crippen LogP) is 3.15. The molecule has 0 bridgehead atoms. The average molecular weight is 374 g/mol. The van der Waals surface area contributed by atoms with Gasteiger partial charge in [0.15, 0.2) is 0 Å². The van der Waals surface area contributed by atoms with Crippen molar-refractivity contribution in [1.29, 1.82) is 0 Å². The van der Waals surface area contributed by atoms with Crippen LogP contribution in [-0.2, 0) is 16.6 Å². The van der Waals surface area contributed by atoms with Crippen molar-refractivity contribution >= 4 is 21.6 Å². The monoisotopic (exact) mass is 374 g/mol. The fourth-order valence-corrected chi connectivity index (χ4v) is 3.28. The van der Waals surface area contributed by atoms with E-state index in [4.69, 9.17) is 4.42 Å². The number of nitrogens with one attached hydrogen (secondary N) is 2. The first kappa shape index (κ1) is 17.7. The largest absolute Gasteiger partial charge is 0.467 e. The Labute approximate surface area is 149 Å². The van der Waals surface area contributed by atoms with Crippen molar-refractivity contribution in [3.05, 3.63) is 84.1 Å². The zero-order valence-electron chi connectivity index (χ0n) is 13.5. The van der Waals surface area contributed by atoms with Gasteiger partial charge in [0.1, 0.15) is 11.6 Å². The lowest BCUT2D eigenvalue weighted by molar-refractivity contribution is 0.0948. The van der Waals surface area contributed by atoms with E-state index in [0.29, 0.717) is 11.3 Å². The molecule has 0 spiro atoms. The maximum Gasteiger partial charge on any atom is 0.261 e. The maximum absolute atomic E-state index is 13.6. The zero-order valence-corrected chi connectivity index (χ0v) is 14.3. The molecule has 0 fully saturated rings. The van der Waals surface area contributed by atoms with Crippen molar-refractivity contribution in [2.75, 3.05) is 4.72 Å². The van der Waals surface area contributed by atoms with Gasteiger partial charge in [-0.05, 0) is 48.5 Å². The van der Waals surface area contributed by atoms with Crippen LogP contribution >= 0.6 is 0 Å². The molecule has 0 aliphatic heterocycles. The molecule has 6 nitrogen and oxygen atoms in total. The van der Waals surface area contributed by atoms with Gasteiger partial charge in [0.2, 0.25) is 0 Å². The van der Waals surface area contributed by atoms with Gasteiger partial charge in [0.25, 0.3) is 15.9 Å². The van der Waals surface area contributed by atoms with E-state index in [1.165, 1.54) is 48.7 Å². The van der Waals surface area contributed by atoms with Crippen molar-refractivity contribution in [3.63, 3.8) is 0 Å². The highest BCUT2D eigenvalue weighted by molar-refractivity contribution is 7.92. The highest BCUT2D eigenvalue weighted by Crippen LogP contribution is 2.19. The van der Waals surface area contributed by atoms with Crippen LogP contribution in [0.15, 0.2) is 76.2 Å². The molecule has 2 N–H and O–H groups in total. The first-order valence-electron chi connectivity index (χ1n) is 7.64. The highest BCUT2D eigenvalue weighted by atomic mass is 32.2. The lowest BCUT2D eigenvalue weighted by Crippen LogP contribution is -2.22. The molecule has 3 rings (SSSR count). The molecule has 0 unspecified atom stereocenters. The lowest BCUT2D eigenvalue weighted by atomic mass is 10.2. The molecule has 0 radical (unpaired) electrons. The van der Waals surface area contributed by atoms with Crippen molar-refractivity contribution < 1.29 is 22.0 Å². The average Bonchev–Trinajstić information content (AvgIpc) is 3.15. The molecule has 0 aliphatic rings. The second-order valence-electron chi connectivity index (χ2n) is 5.37. The lowest BCUT2D eigenvalue weighted by Gasteiger charge is -2.09. The van der Waals surface area contributed by atoms with Crippen molar-refractivity contribution in [2.45, 2.75) is 11.4 Å². The standard InChI is InChI=1S/C18H15FN2O4S/c19-16-5-1-2-6-17(16)21-26(23,24)15-9-7-13(8-10-15)18(22)20-12-14-4-3-11-25-14/h1-11,21H,12H2,(H,20,22). The van der Waals surface area contributed by atoms with Gasteiger partial charge >= 0.3 is 0 Å². The minimum absolute atomic E-state index is 0.0802. The summed E-state index contributed by atoms with van der Waals surface area (Å²) < 4.78 is 45.6. The van der Waals surface area contributed by atoms with E-state index in [1.807, 2.05) is 0 Å². The first-order valence-corrected chi connectivity index (χ1v) is 9.12. The summed E-state index contributed by atoms with van der Waals surface area (Å²) in [5, 5.41) is 2.66. The third-order valence-electron chi connectivity index (χ3n) is 3.55. The molecule has 0 saturated carbocycles. The summed E-state index contributed by atoms with van der Waals surface area (Å²) >= 11 is 0. The molecule has 3 aromatic rings. The zero-order chi connectivity index (χ0) is 18.6. The Morgan fingerprint density at radius 3 is 2.38 bits per heavy atom. The van der Waals surface area contributed by atoms with Crippen LogP contribution in [0.2, 0.25) is 0 Å². The van der Waals surface area contributed by atoms with Gasteiger partial charge < -0.3 is 9.73 Å². The van der Waals surface area contributed by atoms with Gasteiger partial charge in [-0.1, -0.05) is 12.1 Å². The van der Waals surface area contributed by atoms with Crippen LogP contribution < -0.4 is 10.0 Å². The highest BCUT2D eigenvalue weighted by Gasteiger charge is 2.17. The second kappa shape index (κ2) is 7.40.